The van der Waals surface area contributed by atoms with Gasteiger partial charge < -0.3 is 24.2 Å². The summed E-state index contributed by atoms with van der Waals surface area (Å²) in [5, 5.41) is 12.2. The molecule has 1 fully saturated rings. The highest BCUT2D eigenvalue weighted by Gasteiger charge is 2.46. The fourth-order valence-corrected chi connectivity index (χ4v) is 4.51. The highest BCUT2D eigenvalue weighted by molar-refractivity contribution is 6.46. The zero-order valence-corrected chi connectivity index (χ0v) is 21.3. The summed E-state index contributed by atoms with van der Waals surface area (Å²) in [6, 6.07) is 16.0. The minimum Gasteiger partial charge on any atom is -0.507 e. The molecule has 186 valence electrons. The molecule has 36 heavy (non-hydrogen) atoms. The van der Waals surface area contributed by atoms with Crippen molar-refractivity contribution in [2.24, 2.45) is 0 Å². The van der Waals surface area contributed by atoms with Crippen LogP contribution in [0.5, 0.6) is 17.2 Å². The van der Waals surface area contributed by atoms with Gasteiger partial charge in [-0.1, -0.05) is 47.5 Å². The quantitative estimate of drug-likeness (QED) is 0.243. The second-order valence-corrected chi connectivity index (χ2v) is 8.86. The molecule has 0 saturated carbocycles. The first-order chi connectivity index (χ1) is 17.3. The molecular formula is C27H23Cl2NO6. The molecule has 1 heterocycles. The second kappa shape index (κ2) is 10.5. The lowest BCUT2D eigenvalue weighted by Crippen LogP contribution is -2.29. The highest BCUT2D eigenvalue weighted by atomic mass is 35.5. The molecule has 1 atom stereocenters. The summed E-state index contributed by atoms with van der Waals surface area (Å²) in [6.07, 6.45) is 0. The van der Waals surface area contributed by atoms with Crippen LogP contribution >= 0.6 is 23.2 Å². The number of carbonyl (C=O) groups excluding carboxylic acids is 2. The summed E-state index contributed by atoms with van der Waals surface area (Å²) in [7, 11) is 4.40. The van der Waals surface area contributed by atoms with Crippen molar-refractivity contribution in [3.05, 3.63) is 93.0 Å². The van der Waals surface area contributed by atoms with Gasteiger partial charge in [0.1, 0.15) is 23.0 Å². The lowest BCUT2D eigenvalue weighted by molar-refractivity contribution is -0.140. The van der Waals surface area contributed by atoms with Crippen LogP contribution in [0.2, 0.25) is 10.0 Å². The molecule has 7 nitrogen and oxygen atoms in total. The molecule has 3 aromatic carbocycles. The van der Waals surface area contributed by atoms with E-state index in [4.69, 9.17) is 37.4 Å². The first kappa shape index (κ1) is 25.4. The smallest absolute Gasteiger partial charge is 0.295 e. The SMILES string of the molecule is COc1ccc(CN2C(=O)C(=O)/C(=C(/O)c3cc(OC)c(Cl)cc3OC)C2c2ccc(Cl)cc2)cc1. The number of benzene rings is 3. The van der Waals surface area contributed by atoms with Gasteiger partial charge >= 0.3 is 0 Å². The van der Waals surface area contributed by atoms with Gasteiger partial charge in [-0.05, 0) is 41.5 Å². The van der Waals surface area contributed by atoms with Crippen LogP contribution in [0, 0.1) is 0 Å². The number of Topliss-reactive ketones (excluding diaryl/α,β-unsaturated/α-hetero) is 1. The zero-order chi connectivity index (χ0) is 26.0. The minimum absolute atomic E-state index is 0.0847. The third-order valence-electron chi connectivity index (χ3n) is 5.97. The van der Waals surface area contributed by atoms with Crippen molar-refractivity contribution in [2.45, 2.75) is 12.6 Å². The summed E-state index contributed by atoms with van der Waals surface area (Å²) in [4.78, 5) is 28.0. The van der Waals surface area contributed by atoms with E-state index in [-0.39, 0.29) is 34.2 Å². The molecule has 0 aliphatic carbocycles. The van der Waals surface area contributed by atoms with Crippen molar-refractivity contribution in [3.8, 4) is 17.2 Å². The lowest BCUT2D eigenvalue weighted by atomic mass is 9.94. The van der Waals surface area contributed by atoms with E-state index in [1.54, 1.807) is 43.5 Å². The number of aliphatic hydroxyl groups excluding tert-OH is 1. The molecule has 4 rings (SSSR count). The molecule has 1 unspecified atom stereocenters. The summed E-state index contributed by atoms with van der Waals surface area (Å²) >= 11 is 12.3. The van der Waals surface area contributed by atoms with Crippen molar-refractivity contribution in [2.75, 3.05) is 21.3 Å². The van der Waals surface area contributed by atoms with Crippen molar-refractivity contribution < 1.29 is 28.9 Å². The topological polar surface area (TPSA) is 85.3 Å². The van der Waals surface area contributed by atoms with Gasteiger partial charge in [0, 0.05) is 17.6 Å². The van der Waals surface area contributed by atoms with Crippen LogP contribution in [0.3, 0.4) is 0 Å². The third-order valence-corrected chi connectivity index (χ3v) is 6.51. The van der Waals surface area contributed by atoms with E-state index < -0.39 is 23.5 Å². The van der Waals surface area contributed by atoms with Gasteiger partial charge in [-0.15, -0.1) is 0 Å². The number of carbonyl (C=O) groups is 2. The number of aliphatic hydroxyl groups is 1. The Morgan fingerprint density at radius 1 is 0.889 bits per heavy atom. The molecular weight excluding hydrogens is 505 g/mol. The monoisotopic (exact) mass is 527 g/mol. The molecule has 0 aromatic heterocycles. The van der Waals surface area contributed by atoms with Gasteiger partial charge in [0.25, 0.3) is 11.7 Å². The zero-order valence-electron chi connectivity index (χ0n) is 19.7. The van der Waals surface area contributed by atoms with E-state index in [1.807, 2.05) is 12.1 Å². The Kier molecular flexibility index (Phi) is 7.43. The van der Waals surface area contributed by atoms with Gasteiger partial charge in [-0.2, -0.15) is 0 Å². The molecule has 1 aliphatic rings. The van der Waals surface area contributed by atoms with Crippen LogP contribution in [0.1, 0.15) is 22.7 Å². The standard InChI is InChI=1S/C27H23Cl2NO6/c1-34-18-10-4-15(5-11-18)14-30-24(16-6-8-17(28)9-7-16)23(26(32)27(30)33)25(31)19-12-22(36-3)20(29)13-21(19)35-2/h4-13,24,31H,14H2,1-3H3/b25-23+. The number of rotatable bonds is 7. The molecule has 1 saturated heterocycles. The van der Waals surface area contributed by atoms with Crippen LogP contribution in [-0.4, -0.2) is 43.0 Å². The summed E-state index contributed by atoms with van der Waals surface area (Å²) in [5.41, 5.74) is 1.47. The Morgan fingerprint density at radius 3 is 2.11 bits per heavy atom. The van der Waals surface area contributed by atoms with E-state index >= 15 is 0 Å². The number of likely N-dealkylation sites (tertiary alicyclic amines) is 1. The lowest BCUT2D eigenvalue weighted by Gasteiger charge is -2.26. The average molecular weight is 528 g/mol. The first-order valence-corrected chi connectivity index (χ1v) is 11.6. The van der Waals surface area contributed by atoms with E-state index in [1.165, 1.54) is 31.3 Å². The van der Waals surface area contributed by atoms with Gasteiger partial charge in [0.05, 0.1) is 43.5 Å². The van der Waals surface area contributed by atoms with Crippen molar-refractivity contribution in [3.63, 3.8) is 0 Å². The van der Waals surface area contributed by atoms with Crippen LogP contribution in [0.15, 0.2) is 66.2 Å². The number of nitrogens with zero attached hydrogens (tertiary/aromatic N) is 1. The fraction of sp³-hybridized carbons (Fsp3) is 0.185. The van der Waals surface area contributed by atoms with Crippen LogP contribution in [0.4, 0.5) is 0 Å². The number of ketones is 1. The largest absolute Gasteiger partial charge is 0.507 e. The number of methoxy groups -OCH3 is 3. The van der Waals surface area contributed by atoms with Gasteiger partial charge in [-0.3, -0.25) is 9.59 Å². The molecule has 1 aliphatic heterocycles. The molecule has 1 amide bonds. The Bertz CT molecular complexity index is 1340. The minimum atomic E-state index is -0.879. The number of ether oxygens (including phenoxy) is 3. The van der Waals surface area contributed by atoms with Crippen molar-refractivity contribution in [1.82, 2.24) is 4.90 Å². The predicted octanol–water partition coefficient (Wildman–Crippen LogP) is 5.64. The summed E-state index contributed by atoms with van der Waals surface area (Å²) < 4.78 is 15.9. The van der Waals surface area contributed by atoms with Crippen molar-refractivity contribution >= 4 is 40.7 Å². The molecule has 9 heteroatoms. The molecule has 3 aromatic rings. The number of hydrogen-bond acceptors (Lipinski definition) is 6. The fourth-order valence-electron chi connectivity index (χ4n) is 4.15. The summed E-state index contributed by atoms with van der Waals surface area (Å²) in [5.74, 6) is -0.815. The van der Waals surface area contributed by atoms with Gasteiger partial charge in [0.2, 0.25) is 0 Å². The molecule has 0 radical (unpaired) electrons. The molecule has 0 bridgehead atoms. The van der Waals surface area contributed by atoms with Crippen molar-refractivity contribution in [1.29, 1.82) is 0 Å². The number of halogens is 2. The Balaban J connectivity index is 1.89. The van der Waals surface area contributed by atoms with E-state index in [2.05, 4.69) is 0 Å². The Labute approximate surface area is 218 Å². The predicted molar refractivity (Wildman–Crippen MR) is 137 cm³/mol. The Hall–Kier alpha value is -3.68. The average Bonchev–Trinajstić information content (AvgIpc) is 3.13. The number of amides is 1. The normalized spacial score (nSPS) is 16.8. The molecule has 1 N–H and O–H groups in total. The van der Waals surface area contributed by atoms with Crippen LogP contribution in [-0.2, 0) is 16.1 Å². The molecule has 0 spiro atoms. The Morgan fingerprint density at radius 2 is 1.53 bits per heavy atom. The number of hydrogen-bond donors (Lipinski definition) is 1. The maximum Gasteiger partial charge on any atom is 0.295 e. The third kappa shape index (κ3) is 4.72. The maximum absolute atomic E-state index is 13.3. The van der Waals surface area contributed by atoms with E-state index in [9.17, 15) is 14.7 Å². The maximum atomic E-state index is 13.3. The second-order valence-electron chi connectivity index (χ2n) is 8.01. The van der Waals surface area contributed by atoms with E-state index in [0.29, 0.717) is 16.3 Å². The highest BCUT2D eigenvalue weighted by Crippen LogP contribution is 2.43. The van der Waals surface area contributed by atoms with Gasteiger partial charge in [0.15, 0.2) is 0 Å². The van der Waals surface area contributed by atoms with Gasteiger partial charge in [-0.25, -0.2) is 0 Å². The summed E-state index contributed by atoms with van der Waals surface area (Å²) in [6.45, 7) is 0.125. The van der Waals surface area contributed by atoms with E-state index in [0.717, 1.165) is 5.56 Å². The first-order valence-electron chi connectivity index (χ1n) is 10.9. The van der Waals surface area contributed by atoms with Crippen LogP contribution < -0.4 is 14.2 Å². The van der Waals surface area contributed by atoms with Crippen LogP contribution in [0.25, 0.3) is 5.76 Å².